The molecular weight excluding hydrogens is 693 g/mol. The highest BCUT2D eigenvalue weighted by Gasteiger charge is 2.52. The fourth-order valence-corrected chi connectivity index (χ4v) is 6.78. The number of rotatable bonds is 11. The first-order valence-electron chi connectivity index (χ1n) is 16.2. The summed E-state index contributed by atoms with van der Waals surface area (Å²) in [5.41, 5.74) is 2.45. The lowest BCUT2D eigenvalue weighted by molar-refractivity contribution is -0.157. The highest BCUT2D eigenvalue weighted by molar-refractivity contribution is 6.42. The van der Waals surface area contributed by atoms with Crippen molar-refractivity contribution in [2.75, 3.05) is 33.4 Å². The van der Waals surface area contributed by atoms with Gasteiger partial charge in [-0.25, -0.2) is 14.6 Å². The molecule has 0 aromatic heterocycles. The zero-order chi connectivity index (χ0) is 36.1. The number of piperazine rings is 1. The van der Waals surface area contributed by atoms with E-state index in [1.807, 2.05) is 42.5 Å². The Bertz CT molecular complexity index is 2000. The molecular formula is C38H35Cl2N5O6. The van der Waals surface area contributed by atoms with Crippen LogP contribution in [0, 0.1) is 12.3 Å². The number of fused-ring (bicyclic) bond motifs is 2. The predicted octanol–water partition coefficient (Wildman–Crippen LogP) is 4.88. The minimum Gasteiger partial charge on any atom is -0.482 e. The van der Waals surface area contributed by atoms with Crippen molar-refractivity contribution in [1.29, 1.82) is 0 Å². The molecule has 4 aromatic rings. The molecule has 2 saturated heterocycles. The molecule has 0 spiro atoms. The van der Waals surface area contributed by atoms with E-state index in [4.69, 9.17) is 34.4 Å². The van der Waals surface area contributed by atoms with Gasteiger partial charge in [0.2, 0.25) is 11.8 Å². The van der Waals surface area contributed by atoms with Crippen LogP contribution < -0.4 is 10.1 Å². The number of ether oxygens (including phenoxy) is 2. The lowest BCUT2D eigenvalue weighted by Crippen LogP contribution is -2.66. The van der Waals surface area contributed by atoms with Crippen LogP contribution in [0.1, 0.15) is 16.7 Å². The number of benzene rings is 4. The maximum Gasteiger partial charge on any atom is 0.343 e. The number of nitrogens with zero attached hydrogens (tertiary/aromatic N) is 4. The monoisotopic (exact) mass is 727 g/mol. The molecule has 0 saturated carbocycles. The first-order chi connectivity index (χ1) is 24.7. The Morgan fingerprint density at radius 1 is 0.980 bits per heavy atom. The zero-order valence-corrected chi connectivity index (χ0v) is 29.3. The standard InChI is InChI=1S/C38H35Cl2N5O6/c1-3-17-43(38(49)41-20-26-13-16-31(39)32(40)18-26)44-23-35(46)45-33(19-25-11-14-29(15-12-25)51-24-36(47)50-2)37(48)42(22-34(44)45)21-28-9-6-8-27-7-4-5-10-30(27)28/h1,4-16,18,33-34H,17,19-24H2,2H3,(H,41,49)/t33-,34+/m0/s1. The number of carbonyl (C=O) groups excluding carboxylic acids is 4. The van der Waals surface area contributed by atoms with E-state index >= 15 is 0 Å². The van der Waals surface area contributed by atoms with Gasteiger partial charge in [-0.05, 0) is 51.7 Å². The van der Waals surface area contributed by atoms with E-state index in [1.165, 1.54) is 12.1 Å². The van der Waals surface area contributed by atoms with Crippen LogP contribution in [-0.4, -0.2) is 89.2 Å². The minimum atomic E-state index is -0.870. The van der Waals surface area contributed by atoms with Crippen molar-refractivity contribution in [2.24, 2.45) is 0 Å². The van der Waals surface area contributed by atoms with Gasteiger partial charge in [0.05, 0.1) is 36.8 Å². The number of nitrogens with one attached hydrogen (secondary N) is 1. The quantitative estimate of drug-likeness (QED) is 0.173. The lowest BCUT2D eigenvalue weighted by atomic mass is 9.99. The molecule has 51 heavy (non-hydrogen) atoms. The SMILES string of the molecule is C#CCN(C(=O)NCc1ccc(Cl)c(Cl)c1)N1CC(=O)N2[C@@H](Cc3ccc(OCC(=O)OC)cc3)C(=O)N(Cc3cccc4ccccc34)C[C@@H]21. The van der Waals surface area contributed by atoms with Gasteiger partial charge in [-0.3, -0.25) is 9.59 Å². The van der Waals surface area contributed by atoms with Gasteiger partial charge >= 0.3 is 12.0 Å². The number of methoxy groups -OCH3 is 1. The molecule has 6 rings (SSSR count). The Hall–Kier alpha value is -5.28. The van der Waals surface area contributed by atoms with Crippen molar-refractivity contribution in [1.82, 2.24) is 25.1 Å². The average molecular weight is 729 g/mol. The number of esters is 1. The zero-order valence-electron chi connectivity index (χ0n) is 27.8. The number of hydrogen-bond acceptors (Lipinski definition) is 7. The molecule has 2 heterocycles. The van der Waals surface area contributed by atoms with Crippen LogP contribution in [0.3, 0.4) is 0 Å². The summed E-state index contributed by atoms with van der Waals surface area (Å²) in [6.45, 7) is 0.0714. The minimum absolute atomic E-state index is 0.111. The van der Waals surface area contributed by atoms with E-state index in [9.17, 15) is 19.2 Å². The molecule has 2 atom stereocenters. The first kappa shape index (κ1) is 35.5. The van der Waals surface area contributed by atoms with Gasteiger partial charge in [0, 0.05) is 19.5 Å². The van der Waals surface area contributed by atoms with Gasteiger partial charge < -0.3 is 24.6 Å². The predicted molar refractivity (Wildman–Crippen MR) is 192 cm³/mol. The Morgan fingerprint density at radius 3 is 2.47 bits per heavy atom. The lowest BCUT2D eigenvalue weighted by Gasteiger charge is -2.46. The fourth-order valence-electron chi connectivity index (χ4n) is 6.46. The molecule has 2 aliphatic rings. The summed E-state index contributed by atoms with van der Waals surface area (Å²) in [4.78, 5) is 56.7. The van der Waals surface area contributed by atoms with E-state index < -0.39 is 24.2 Å². The number of terminal acetylenes is 1. The molecule has 2 aliphatic heterocycles. The van der Waals surface area contributed by atoms with Gasteiger partial charge in [0.15, 0.2) is 6.61 Å². The third kappa shape index (κ3) is 7.89. The first-order valence-corrected chi connectivity index (χ1v) is 17.0. The second kappa shape index (κ2) is 15.7. The van der Waals surface area contributed by atoms with Crippen LogP contribution >= 0.6 is 23.2 Å². The molecule has 11 nitrogen and oxygen atoms in total. The number of urea groups is 1. The van der Waals surface area contributed by atoms with Crippen molar-refractivity contribution in [2.45, 2.75) is 31.7 Å². The summed E-state index contributed by atoms with van der Waals surface area (Å²) in [6.07, 6.45) is 5.27. The Labute approximate surface area is 305 Å². The Morgan fingerprint density at radius 2 is 1.73 bits per heavy atom. The summed E-state index contributed by atoms with van der Waals surface area (Å²) in [5.74, 6) is 1.96. The number of carbonyl (C=O) groups is 4. The summed E-state index contributed by atoms with van der Waals surface area (Å²) in [6, 6.07) is 24.6. The van der Waals surface area contributed by atoms with Crippen LogP contribution in [-0.2, 0) is 38.6 Å². The van der Waals surface area contributed by atoms with Gasteiger partial charge in [-0.2, -0.15) is 5.01 Å². The maximum absolute atomic E-state index is 14.4. The van der Waals surface area contributed by atoms with E-state index in [1.54, 1.807) is 57.3 Å². The van der Waals surface area contributed by atoms with Crippen molar-refractivity contribution in [3.05, 3.63) is 112 Å². The van der Waals surface area contributed by atoms with E-state index in [2.05, 4.69) is 16.0 Å². The molecule has 0 aliphatic carbocycles. The molecule has 2 fully saturated rings. The van der Waals surface area contributed by atoms with Crippen molar-refractivity contribution in [3.63, 3.8) is 0 Å². The topological polar surface area (TPSA) is 112 Å². The van der Waals surface area contributed by atoms with Gasteiger partial charge in [0.1, 0.15) is 18.0 Å². The Kier molecular flexibility index (Phi) is 11.0. The highest BCUT2D eigenvalue weighted by atomic mass is 35.5. The maximum atomic E-state index is 14.4. The van der Waals surface area contributed by atoms with Crippen molar-refractivity contribution < 1.29 is 28.7 Å². The molecule has 0 unspecified atom stereocenters. The summed E-state index contributed by atoms with van der Waals surface area (Å²) in [5, 5.41) is 8.68. The highest BCUT2D eigenvalue weighted by Crippen LogP contribution is 2.32. The third-order valence-corrected chi connectivity index (χ3v) is 9.70. The van der Waals surface area contributed by atoms with Crippen molar-refractivity contribution in [3.8, 4) is 18.1 Å². The van der Waals surface area contributed by atoms with Crippen LogP contribution in [0.5, 0.6) is 5.75 Å². The van der Waals surface area contributed by atoms with Crippen molar-refractivity contribution >= 4 is 57.8 Å². The number of hydrogen-bond donors (Lipinski definition) is 1. The molecule has 1 N–H and O–H groups in total. The second-order valence-corrected chi connectivity index (χ2v) is 12.9. The van der Waals surface area contributed by atoms with Crippen LogP contribution in [0.25, 0.3) is 10.8 Å². The smallest absolute Gasteiger partial charge is 0.343 e. The number of amides is 4. The van der Waals surface area contributed by atoms with E-state index in [-0.39, 0.29) is 51.0 Å². The van der Waals surface area contributed by atoms with Gasteiger partial charge in [-0.15, -0.1) is 6.42 Å². The van der Waals surface area contributed by atoms with Crippen LogP contribution in [0.15, 0.2) is 84.9 Å². The largest absolute Gasteiger partial charge is 0.482 e. The van der Waals surface area contributed by atoms with Gasteiger partial charge in [0.25, 0.3) is 0 Å². The molecule has 4 amide bonds. The Balaban J connectivity index is 1.28. The summed E-state index contributed by atoms with van der Waals surface area (Å²) >= 11 is 12.2. The van der Waals surface area contributed by atoms with Gasteiger partial charge in [-0.1, -0.05) is 89.8 Å². The fraction of sp³-hybridized carbons (Fsp3) is 0.263. The molecule has 13 heteroatoms. The second-order valence-electron chi connectivity index (χ2n) is 12.1. The van der Waals surface area contributed by atoms with Crippen LogP contribution in [0.4, 0.5) is 4.79 Å². The van der Waals surface area contributed by atoms with E-state index in [0.717, 1.165) is 27.5 Å². The van der Waals surface area contributed by atoms with E-state index in [0.29, 0.717) is 22.3 Å². The summed E-state index contributed by atoms with van der Waals surface area (Å²) < 4.78 is 10.1. The van der Waals surface area contributed by atoms with Crippen LogP contribution in [0.2, 0.25) is 10.0 Å². The normalized spacial score (nSPS) is 17.2. The molecule has 262 valence electrons. The summed E-state index contributed by atoms with van der Waals surface area (Å²) in [7, 11) is 1.28. The third-order valence-electron chi connectivity index (χ3n) is 8.96. The molecule has 4 aromatic carbocycles. The molecule has 0 radical (unpaired) electrons. The average Bonchev–Trinajstić information content (AvgIpc) is 3.46. The number of hydrazine groups is 1. The number of halogens is 2. The molecule has 0 bridgehead atoms.